The average Bonchev–Trinajstić information content (AvgIpc) is 3.12. The Bertz CT molecular complexity index is 1990. The summed E-state index contributed by atoms with van der Waals surface area (Å²) in [6.07, 6.45) is 0. The third-order valence-electron chi connectivity index (χ3n) is 9.05. The van der Waals surface area contributed by atoms with Crippen LogP contribution in [0.5, 0.6) is 23.0 Å². The molecule has 0 spiro atoms. The largest absolute Gasteiger partial charge is 0.507 e. The summed E-state index contributed by atoms with van der Waals surface area (Å²) in [4.78, 5) is 47.4. The molecular weight excluding hydrogens is 776 g/mol. The normalized spacial score (nSPS) is 12.0. The van der Waals surface area contributed by atoms with Crippen molar-refractivity contribution in [2.75, 3.05) is 26.7 Å². The molecule has 10 nitrogen and oxygen atoms in total. The van der Waals surface area contributed by atoms with Gasteiger partial charge in [0, 0.05) is 17.8 Å². The van der Waals surface area contributed by atoms with Crippen LogP contribution in [-0.2, 0) is 24.7 Å². The quantitative estimate of drug-likeness (QED) is 0.0788. The van der Waals surface area contributed by atoms with Crippen LogP contribution >= 0.6 is 35.0 Å². The van der Waals surface area contributed by atoms with Crippen molar-refractivity contribution in [1.29, 1.82) is 0 Å². The number of phenols is 1. The second kappa shape index (κ2) is 20.3. The van der Waals surface area contributed by atoms with Crippen molar-refractivity contribution < 1.29 is 47.3 Å². The van der Waals surface area contributed by atoms with Crippen molar-refractivity contribution in [1.82, 2.24) is 0 Å². The van der Waals surface area contributed by atoms with Crippen LogP contribution in [0.1, 0.15) is 88.7 Å². The molecule has 55 heavy (non-hydrogen) atoms. The van der Waals surface area contributed by atoms with Gasteiger partial charge in [-0.3, -0.25) is 4.79 Å². The number of carbonyl (C=O) groups is 4. The molecule has 0 aromatic heterocycles. The maximum atomic E-state index is 12.6. The number of hydrogen-bond acceptors (Lipinski definition) is 10. The summed E-state index contributed by atoms with van der Waals surface area (Å²) in [5, 5.41) is 10.1. The number of esters is 1. The van der Waals surface area contributed by atoms with E-state index in [2.05, 4.69) is 13.8 Å². The first kappa shape index (κ1) is 45.5. The zero-order valence-electron chi connectivity index (χ0n) is 33.0. The van der Waals surface area contributed by atoms with Crippen molar-refractivity contribution in [2.45, 2.75) is 59.3 Å². The van der Waals surface area contributed by atoms with E-state index < -0.39 is 11.4 Å². The summed E-state index contributed by atoms with van der Waals surface area (Å²) in [5.74, 6) is 0.231. The van der Waals surface area contributed by atoms with E-state index in [1.54, 1.807) is 37.6 Å². The molecule has 4 aromatic carbocycles. The van der Waals surface area contributed by atoms with Gasteiger partial charge in [0.05, 0.1) is 26.4 Å². The zero-order chi connectivity index (χ0) is 41.1. The number of rotatable bonds is 13. The summed E-state index contributed by atoms with van der Waals surface area (Å²) in [7, 11) is 0.388. The van der Waals surface area contributed by atoms with Crippen LogP contribution in [0, 0.1) is 13.8 Å². The summed E-state index contributed by atoms with van der Waals surface area (Å²) < 4.78 is 26.4. The van der Waals surface area contributed by atoms with Gasteiger partial charge in [-0.1, -0.05) is 64.1 Å². The Kier molecular flexibility index (Phi) is 16.8. The molecule has 4 rings (SSSR count). The molecule has 0 aliphatic heterocycles. The molecule has 4 atom stereocenters. The van der Waals surface area contributed by atoms with Crippen LogP contribution in [0.3, 0.4) is 0 Å². The van der Waals surface area contributed by atoms with Gasteiger partial charge in [0.1, 0.15) is 34.1 Å². The first-order chi connectivity index (χ1) is 25.9. The second-order valence-corrected chi connectivity index (χ2v) is 16.0. The molecule has 1 N–H and O–H groups in total. The molecule has 0 saturated carbocycles. The fraction of sp³-hybridized carbons (Fsp3) is 0.317. The van der Waals surface area contributed by atoms with E-state index >= 15 is 0 Å². The fourth-order valence-corrected chi connectivity index (χ4v) is 7.43. The summed E-state index contributed by atoms with van der Waals surface area (Å²) in [5.41, 5.74) is 5.08. The zero-order valence-corrected chi connectivity index (χ0v) is 37.0. The number of phenolic OH excluding ortho intramolecular Hbond substituents is 1. The lowest BCUT2D eigenvalue weighted by atomic mass is 9.75. The SMILES string of the molecule is CPOC(=O)c1c(O)ccc(C(C)(C)c2ccc(OC(=O)PC)cc2)c1C.CPOC(=O)c1c(OPC)ccc(C(C)(C)c2ccc(OC(C)=O)cc2)c1C. The van der Waals surface area contributed by atoms with E-state index in [9.17, 15) is 24.3 Å². The lowest BCUT2D eigenvalue weighted by molar-refractivity contribution is -0.131. The number of ether oxygens (including phenoxy) is 2. The van der Waals surface area contributed by atoms with Crippen molar-refractivity contribution in [3.05, 3.63) is 117 Å². The molecule has 4 aromatic rings. The van der Waals surface area contributed by atoms with Gasteiger partial charge in [-0.25, -0.2) is 14.4 Å². The Balaban J connectivity index is 0.000000296. The van der Waals surface area contributed by atoms with E-state index in [-0.39, 0.29) is 69.4 Å². The maximum absolute atomic E-state index is 12.6. The first-order valence-corrected chi connectivity index (χ1v) is 23.0. The van der Waals surface area contributed by atoms with Gasteiger partial charge < -0.3 is 28.2 Å². The van der Waals surface area contributed by atoms with E-state index in [4.69, 9.17) is 23.0 Å². The van der Waals surface area contributed by atoms with Crippen LogP contribution in [0.15, 0.2) is 72.8 Å². The molecule has 0 aliphatic carbocycles. The highest BCUT2D eigenvalue weighted by atomic mass is 31.1. The van der Waals surface area contributed by atoms with Gasteiger partial charge in [0.25, 0.3) is 0 Å². The highest BCUT2D eigenvalue weighted by Gasteiger charge is 2.31. The van der Waals surface area contributed by atoms with Gasteiger partial charge in [0.2, 0.25) is 0 Å². The average molecular weight is 827 g/mol. The molecular formula is C41H50O10P4. The standard InChI is InChI=1S/C21H26O5P2.C20H24O5P2/c1-13-17(11-12-18(25-27-5)19(13)20(23)26-28-6)21(3,4)15-7-9-16(10-8-15)24-14(2)22;1-12-15(10-11-16(21)17(12)18(22)25-27-5)20(2,3)13-6-8-14(9-7-13)24-19(23)26-4/h7-12,27-28H,1-6H3;6-11,21,26-27H,1-5H3. The molecule has 294 valence electrons. The minimum Gasteiger partial charge on any atom is -0.507 e. The highest BCUT2D eigenvalue weighted by Crippen LogP contribution is 2.40. The summed E-state index contributed by atoms with van der Waals surface area (Å²) in [6, 6.07) is 21.9. The smallest absolute Gasteiger partial charge is 0.344 e. The van der Waals surface area contributed by atoms with Gasteiger partial charge in [-0.2, -0.15) is 0 Å². The molecule has 0 bridgehead atoms. The molecule has 4 unspecified atom stereocenters. The fourth-order valence-electron chi connectivity index (χ4n) is 6.25. The lowest BCUT2D eigenvalue weighted by Crippen LogP contribution is -2.22. The topological polar surface area (TPSA) is 135 Å². The van der Waals surface area contributed by atoms with E-state index in [1.807, 2.05) is 83.5 Å². The predicted octanol–water partition coefficient (Wildman–Crippen LogP) is 10.4. The summed E-state index contributed by atoms with van der Waals surface area (Å²) >= 11 is 0. The van der Waals surface area contributed by atoms with Gasteiger partial charge >= 0.3 is 23.6 Å². The van der Waals surface area contributed by atoms with Crippen LogP contribution < -0.4 is 14.0 Å². The van der Waals surface area contributed by atoms with Gasteiger partial charge in [0.15, 0.2) is 0 Å². The highest BCUT2D eigenvalue weighted by molar-refractivity contribution is 7.56. The molecule has 0 heterocycles. The monoisotopic (exact) mass is 826 g/mol. The van der Waals surface area contributed by atoms with Crippen LogP contribution in [-0.4, -0.2) is 55.4 Å². The Morgan fingerprint density at radius 2 is 1.02 bits per heavy atom. The third-order valence-corrected chi connectivity index (χ3v) is 10.8. The summed E-state index contributed by atoms with van der Waals surface area (Å²) in [6.45, 7) is 20.6. The minimum absolute atomic E-state index is 0.00711. The molecule has 14 heteroatoms. The molecule has 0 aliphatic rings. The number of aromatic hydroxyl groups is 1. The maximum Gasteiger partial charge on any atom is 0.344 e. The molecule has 0 amide bonds. The predicted molar refractivity (Wildman–Crippen MR) is 227 cm³/mol. The van der Waals surface area contributed by atoms with Gasteiger partial charge in [-0.05, 0) is 119 Å². The van der Waals surface area contributed by atoms with E-state index in [0.29, 0.717) is 28.4 Å². The minimum atomic E-state index is -0.522. The van der Waals surface area contributed by atoms with E-state index in [1.165, 1.54) is 13.0 Å². The van der Waals surface area contributed by atoms with Gasteiger partial charge in [-0.15, -0.1) is 0 Å². The van der Waals surface area contributed by atoms with Crippen LogP contribution in [0.25, 0.3) is 0 Å². The van der Waals surface area contributed by atoms with E-state index in [0.717, 1.165) is 27.8 Å². The number of benzene rings is 4. The van der Waals surface area contributed by atoms with Crippen molar-refractivity contribution in [3.8, 4) is 23.0 Å². The Hall–Kier alpha value is -3.92. The van der Waals surface area contributed by atoms with Crippen molar-refractivity contribution in [3.63, 3.8) is 0 Å². The molecule has 0 saturated heterocycles. The van der Waals surface area contributed by atoms with Crippen LogP contribution in [0.2, 0.25) is 0 Å². The first-order valence-electron chi connectivity index (χ1n) is 17.3. The lowest BCUT2D eigenvalue weighted by Gasteiger charge is -2.29. The second-order valence-electron chi connectivity index (χ2n) is 13.3. The number of carbonyl (C=O) groups excluding carboxylic acids is 4. The van der Waals surface area contributed by atoms with Crippen molar-refractivity contribution >= 4 is 58.6 Å². The Morgan fingerprint density at radius 1 is 0.582 bits per heavy atom. The van der Waals surface area contributed by atoms with Crippen molar-refractivity contribution in [2.24, 2.45) is 0 Å². The Labute approximate surface area is 331 Å². The number of hydrogen-bond donors (Lipinski definition) is 1. The molecule has 0 fully saturated rings. The Morgan fingerprint density at radius 3 is 1.45 bits per heavy atom. The van der Waals surface area contributed by atoms with Crippen LogP contribution in [0.4, 0.5) is 4.79 Å². The third kappa shape index (κ3) is 11.3. The molecule has 0 radical (unpaired) electrons.